The van der Waals surface area contributed by atoms with E-state index in [2.05, 4.69) is 42.6 Å². The highest BCUT2D eigenvalue weighted by molar-refractivity contribution is 6.30. The van der Waals surface area contributed by atoms with Gasteiger partial charge in [0.05, 0.1) is 0 Å². The van der Waals surface area contributed by atoms with Crippen LogP contribution in [0, 0.1) is 6.92 Å². The van der Waals surface area contributed by atoms with Gasteiger partial charge in [0.25, 0.3) is 0 Å². The van der Waals surface area contributed by atoms with Crippen LogP contribution in [-0.2, 0) is 0 Å². The molecule has 2 aromatic rings. The molecule has 0 aliphatic heterocycles. The van der Waals surface area contributed by atoms with Gasteiger partial charge in [0.2, 0.25) is 0 Å². The fourth-order valence-electron chi connectivity index (χ4n) is 1.77. The first-order valence-corrected chi connectivity index (χ1v) is 5.63. The highest BCUT2D eigenvalue weighted by Gasteiger charge is 2.02. The number of halogens is 1. The van der Waals surface area contributed by atoms with Gasteiger partial charge >= 0.3 is 0 Å². The summed E-state index contributed by atoms with van der Waals surface area (Å²) < 4.78 is 0. The van der Waals surface area contributed by atoms with Crippen LogP contribution < -0.4 is 5.32 Å². The molecule has 0 heterocycles. The zero-order valence-electron chi connectivity index (χ0n) is 9.42. The molecular weight excluding hydrogens is 218 g/mol. The summed E-state index contributed by atoms with van der Waals surface area (Å²) in [5.41, 5.74) is 4.76. The summed E-state index contributed by atoms with van der Waals surface area (Å²) in [5, 5.41) is 3.89. The molecular formula is C14H14ClN. The lowest BCUT2D eigenvalue weighted by molar-refractivity contribution is 1.45. The fraction of sp³-hybridized carbons (Fsp3) is 0.143. The third-order valence-electron chi connectivity index (χ3n) is 2.67. The van der Waals surface area contributed by atoms with Gasteiger partial charge in [-0.2, -0.15) is 0 Å². The Labute approximate surface area is 101 Å². The van der Waals surface area contributed by atoms with Crippen LogP contribution in [0.5, 0.6) is 0 Å². The molecule has 0 bridgehead atoms. The number of hydrogen-bond acceptors (Lipinski definition) is 1. The van der Waals surface area contributed by atoms with E-state index in [1.54, 1.807) is 0 Å². The van der Waals surface area contributed by atoms with E-state index in [-0.39, 0.29) is 0 Å². The molecule has 0 atom stereocenters. The van der Waals surface area contributed by atoms with Gasteiger partial charge in [-0.3, -0.25) is 0 Å². The van der Waals surface area contributed by atoms with Crippen molar-refractivity contribution >= 4 is 17.3 Å². The van der Waals surface area contributed by atoms with E-state index in [0.29, 0.717) is 0 Å². The van der Waals surface area contributed by atoms with E-state index in [1.807, 2.05) is 19.2 Å². The van der Waals surface area contributed by atoms with Crippen LogP contribution in [0.4, 0.5) is 5.69 Å². The second-order valence-corrected chi connectivity index (χ2v) is 4.22. The van der Waals surface area contributed by atoms with Gasteiger partial charge in [-0.1, -0.05) is 29.8 Å². The minimum Gasteiger partial charge on any atom is -0.388 e. The van der Waals surface area contributed by atoms with Crippen molar-refractivity contribution in [3.05, 3.63) is 53.1 Å². The minimum absolute atomic E-state index is 0.785. The maximum Gasteiger partial charge on any atom is 0.0409 e. The van der Waals surface area contributed by atoms with Crippen molar-refractivity contribution < 1.29 is 0 Å². The highest BCUT2D eigenvalue weighted by atomic mass is 35.5. The summed E-state index contributed by atoms with van der Waals surface area (Å²) in [6.45, 7) is 2.08. The molecule has 0 fully saturated rings. The quantitative estimate of drug-likeness (QED) is 0.810. The Morgan fingerprint density at radius 2 is 1.69 bits per heavy atom. The molecule has 0 aliphatic rings. The summed E-state index contributed by atoms with van der Waals surface area (Å²) in [6.07, 6.45) is 0. The van der Waals surface area contributed by atoms with Gasteiger partial charge in [-0.15, -0.1) is 0 Å². The molecule has 1 N–H and O–H groups in total. The van der Waals surface area contributed by atoms with Crippen LogP contribution in [-0.4, -0.2) is 7.05 Å². The van der Waals surface area contributed by atoms with Crippen LogP contribution in [0.25, 0.3) is 11.1 Å². The molecule has 0 saturated carbocycles. The average molecular weight is 232 g/mol. The van der Waals surface area contributed by atoms with Crippen molar-refractivity contribution in [3.8, 4) is 11.1 Å². The second kappa shape index (κ2) is 4.58. The number of nitrogens with one attached hydrogen (secondary N) is 1. The predicted molar refractivity (Wildman–Crippen MR) is 71.2 cm³/mol. The number of benzene rings is 2. The van der Waals surface area contributed by atoms with Gasteiger partial charge in [0.15, 0.2) is 0 Å². The molecule has 2 aromatic carbocycles. The summed E-state index contributed by atoms with van der Waals surface area (Å²) >= 11 is 5.94. The molecule has 0 radical (unpaired) electrons. The van der Waals surface area contributed by atoms with Crippen molar-refractivity contribution in [3.63, 3.8) is 0 Å². The molecule has 0 amide bonds. The number of rotatable bonds is 2. The lowest BCUT2D eigenvalue weighted by Crippen LogP contribution is -1.88. The molecule has 1 nitrogen and oxygen atoms in total. The topological polar surface area (TPSA) is 12.0 Å². The summed E-state index contributed by atoms with van der Waals surface area (Å²) in [4.78, 5) is 0. The number of hydrogen-bond donors (Lipinski definition) is 1. The minimum atomic E-state index is 0.785. The Morgan fingerprint density at radius 1 is 1.00 bits per heavy atom. The van der Waals surface area contributed by atoms with Crippen molar-refractivity contribution in [2.75, 3.05) is 12.4 Å². The number of anilines is 1. The largest absolute Gasteiger partial charge is 0.388 e. The maximum atomic E-state index is 5.94. The van der Waals surface area contributed by atoms with Gasteiger partial charge in [-0.25, -0.2) is 0 Å². The third-order valence-corrected chi connectivity index (χ3v) is 2.91. The average Bonchev–Trinajstić information content (AvgIpc) is 2.29. The summed E-state index contributed by atoms with van der Waals surface area (Å²) in [6, 6.07) is 14.3. The van der Waals surface area contributed by atoms with Crippen LogP contribution in [0.2, 0.25) is 5.02 Å². The summed E-state index contributed by atoms with van der Waals surface area (Å²) in [7, 11) is 1.92. The normalized spacial score (nSPS) is 10.2. The Balaban J connectivity index is 2.42. The Morgan fingerprint density at radius 3 is 2.25 bits per heavy atom. The molecule has 0 unspecified atom stereocenters. The molecule has 2 rings (SSSR count). The lowest BCUT2D eigenvalue weighted by Gasteiger charge is -2.07. The van der Waals surface area contributed by atoms with E-state index in [1.165, 1.54) is 16.7 Å². The van der Waals surface area contributed by atoms with Crippen molar-refractivity contribution in [1.82, 2.24) is 0 Å². The zero-order valence-corrected chi connectivity index (χ0v) is 10.2. The van der Waals surface area contributed by atoms with Crippen molar-refractivity contribution in [2.24, 2.45) is 0 Å². The SMILES string of the molecule is CNc1ccc(-c2ccc(Cl)cc2C)cc1. The molecule has 0 spiro atoms. The Kier molecular flexibility index (Phi) is 3.16. The van der Waals surface area contributed by atoms with E-state index < -0.39 is 0 Å². The van der Waals surface area contributed by atoms with E-state index in [9.17, 15) is 0 Å². The predicted octanol–water partition coefficient (Wildman–Crippen LogP) is 4.36. The monoisotopic (exact) mass is 231 g/mol. The molecule has 0 aromatic heterocycles. The Bertz CT molecular complexity index is 489. The molecule has 82 valence electrons. The van der Waals surface area contributed by atoms with Crippen molar-refractivity contribution in [1.29, 1.82) is 0 Å². The van der Waals surface area contributed by atoms with Crippen LogP contribution in [0.3, 0.4) is 0 Å². The maximum absolute atomic E-state index is 5.94. The molecule has 0 saturated heterocycles. The Hall–Kier alpha value is -1.47. The molecule has 0 aliphatic carbocycles. The lowest BCUT2D eigenvalue weighted by atomic mass is 10.0. The van der Waals surface area contributed by atoms with Crippen molar-refractivity contribution in [2.45, 2.75) is 6.92 Å². The first kappa shape index (κ1) is 11.0. The van der Waals surface area contributed by atoms with Crippen LogP contribution >= 0.6 is 11.6 Å². The molecule has 2 heteroatoms. The highest BCUT2D eigenvalue weighted by Crippen LogP contribution is 2.26. The second-order valence-electron chi connectivity index (χ2n) is 3.79. The molecule has 16 heavy (non-hydrogen) atoms. The smallest absolute Gasteiger partial charge is 0.0409 e. The zero-order chi connectivity index (χ0) is 11.5. The van der Waals surface area contributed by atoms with Gasteiger partial charge in [-0.05, 0) is 47.9 Å². The first-order chi connectivity index (χ1) is 7.70. The first-order valence-electron chi connectivity index (χ1n) is 5.25. The third kappa shape index (κ3) is 2.20. The van der Waals surface area contributed by atoms with Crippen LogP contribution in [0.15, 0.2) is 42.5 Å². The van der Waals surface area contributed by atoms with E-state index in [0.717, 1.165) is 10.7 Å². The standard InChI is InChI=1S/C14H14ClN/c1-10-9-12(15)5-8-14(10)11-3-6-13(16-2)7-4-11/h3-9,16H,1-2H3. The van der Waals surface area contributed by atoms with Gasteiger partial charge in [0, 0.05) is 17.8 Å². The van der Waals surface area contributed by atoms with E-state index >= 15 is 0 Å². The number of aryl methyl sites for hydroxylation is 1. The van der Waals surface area contributed by atoms with Crippen LogP contribution in [0.1, 0.15) is 5.56 Å². The fourth-order valence-corrected chi connectivity index (χ4v) is 1.99. The van der Waals surface area contributed by atoms with Gasteiger partial charge in [0.1, 0.15) is 0 Å². The summed E-state index contributed by atoms with van der Waals surface area (Å²) in [5.74, 6) is 0. The van der Waals surface area contributed by atoms with Gasteiger partial charge < -0.3 is 5.32 Å². The van der Waals surface area contributed by atoms with E-state index in [4.69, 9.17) is 11.6 Å².